The van der Waals surface area contributed by atoms with Crippen molar-refractivity contribution >= 4 is 22.6 Å². The first-order chi connectivity index (χ1) is 7.36. The molecule has 0 saturated heterocycles. The summed E-state index contributed by atoms with van der Waals surface area (Å²) in [6.07, 6.45) is 2.04. The second-order valence-corrected chi connectivity index (χ2v) is 4.13. The van der Waals surface area contributed by atoms with Crippen molar-refractivity contribution in [1.82, 2.24) is 0 Å². The van der Waals surface area contributed by atoms with E-state index in [-0.39, 0.29) is 0 Å². The maximum absolute atomic E-state index is 3.28. The van der Waals surface area contributed by atoms with Crippen molar-refractivity contribution < 1.29 is 0 Å². The molecule has 2 aromatic rings. The number of anilines is 1. The Morgan fingerprint density at radius 2 is 2.00 bits per heavy atom. The largest absolute Gasteiger partial charge is 0.361 e. The first-order valence-corrected chi connectivity index (χ1v) is 5.81. The van der Waals surface area contributed by atoms with Gasteiger partial charge in [-0.15, -0.1) is 0 Å². The average molecular weight is 215 g/mol. The zero-order valence-electron chi connectivity index (χ0n) is 8.60. The third kappa shape index (κ3) is 2.70. The van der Waals surface area contributed by atoms with Gasteiger partial charge in [-0.2, -0.15) is 11.3 Å². The molecule has 1 heterocycles. The van der Waals surface area contributed by atoms with Gasteiger partial charge < -0.3 is 5.32 Å². The summed E-state index contributed by atoms with van der Waals surface area (Å²) in [5.41, 5.74) is 3.65. The summed E-state index contributed by atoms with van der Waals surface area (Å²) in [6, 6.07) is 12.3. The van der Waals surface area contributed by atoms with E-state index in [1.807, 2.05) is 24.4 Å². The van der Waals surface area contributed by atoms with Crippen LogP contribution in [0.1, 0.15) is 12.5 Å². The minimum absolute atomic E-state index is 1.12. The van der Waals surface area contributed by atoms with Crippen LogP contribution in [0.25, 0.3) is 5.57 Å². The van der Waals surface area contributed by atoms with Crippen molar-refractivity contribution in [2.75, 3.05) is 5.32 Å². The van der Waals surface area contributed by atoms with E-state index in [4.69, 9.17) is 0 Å². The number of allylic oxidation sites excluding steroid dienone is 1. The van der Waals surface area contributed by atoms with Gasteiger partial charge in [0.2, 0.25) is 0 Å². The Morgan fingerprint density at radius 1 is 1.20 bits per heavy atom. The highest BCUT2D eigenvalue weighted by Crippen LogP contribution is 2.17. The number of hydrogen-bond acceptors (Lipinski definition) is 2. The average Bonchev–Trinajstić information content (AvgIpc) is 2.81. The molecule has 0 radical (unpaired) electrons. The van der Waals surface area contributed by atoms with E-state index >= 15 is 0 Å². The van der Waals surface area contributed by atoms with Gasteiger partial charge in [-0.1, -0.05) is 18.2 Å². The van der Waals surface area contributed by atoms with Crippen LogP contribution < -0.4 is 5.32 Å². The molecule has 1 aromatic heterocycles. The Kier molecular flexibility index (Phi) is 3.20. The van der Waals surface area contributed by atoms with Gasteiger partial charge >= 0.3 is 0 Å². The summed E-state index contributed by atoms with van der Waals surface area (Å²) >= 11 is 1.72. The second kappa shape index (κ2) is 4.80. The van der Waals surface area contributed by atoms with E-state index < -0.39 is 0 Å². The van der Waals surface area contributed by atoms with Gasteiger partial charge in [-0.05, 0) is 47.0 Å². The molecule has 76 valence electrons. The number of rotatable bonds is 3. The fourth-order valence-electron chi connectivity index (χ4n) is 1.30. The first kappa shape index (κ1) is 9.99. The monoisotopic (exact) mass is 215 g/mol. The van der Waals surface area contributed by atoms with Gasteiger partial charge in [0.15, 0.2) is 0 Å². The van der Waals surface area contributed by atoms with E-state index in [9.17, 15) is 0 Å². The fourth-order valence-corrected chi connectivity index (χ4v) is 2.01. The molecule has 0 amide bonds. The second-order valence-electron chi connectivity index (χ2n) is 3.35. The van der Waals surface area contributed by atoms with Crippen molar-refractivity contribution in [3.8, 4) is 0 Å². The lowest BCUT2D eigenvalue weighted by Crippen LogP contribution is -1.88. The topological polar surface area (TPSA) is 12.0 Å². The lowest BCUT2D eigenvalue weighted by Gasteiger charge is -2.02. The third-order valence-electron chi connectivity index (χ3n) is 2.21. The standard InChI is InChI=1S/C13H13NS/c1-11(12-7-8-15-10-12)9-14-13-5-3-2-4-6-13/h2-10,14H,1H3/b11-9+. The van der Waals surface area contributed by atoms with Gasteiger partial charge in [-0.25, -0.2) is 0 Å². The molecular formula is C13H13NS. The Balaban J connectivity index is 2.06. The van der Waals surface area contributed by atoms with Crippen molar-refractivity contribution in [2.24, 2.45) is 0 Å². The highest BCUT2D eigenvalue weighted by atomic mass is 32.1. The molecule has 0 spiro atoms. The summed E-state index contributed by atoms with van der Waals surface area (Å²) in [7, 11) is 0. The molecule has 2 rings (SSSR count). The SMILES string of the molecule is C/C(=C\Nc1ccccc1)c1ccsc1. The molecule has 1 nitrogen and oxygen atoms in total. The van der Waals surface area contributed by atoms with Crippen LogP contribution in [0.2, 0.25) is 0 Å². The number of hydrogen-bond donors (Lipinski definition) is 1. The van der Waals surface area contributed by atoms with E-state index in [1.54, 1.807) is 11.3 Å². The summed E-state index contributed by atoms with van der Waals surface area (Å²) in [4.78, 5) is 0. The lowest BCUT2D eigenvalue weighted by atomic mass is 10.2. The molecule has 0 fully saturated rings. The van der Waals surface area contributed by atoms with Gasteiger partial charge in [0.25, 0.3) is 0 Å². The fraction of sp³-hybridized carbons (Fsp3) is 0.0769. The molecule has 15 heavy (non-hydrogen) atoms. The van der Waals surface area contributed by atoms with E-state index in [1.165, 1.54) is 11.1 Å². The zero-order valence-corrected chi connectivity index (χ0v) is 9.42. The van der Waals surface area contributed by atoms with Gasteiger partial charge in [0.1, 0.15) is 0 Å². The first-order valence-electron chi connectivity index (χ1n) is 4.87. The zero-order chi connectivity index (χ0) is 10.5. The molecule has 0 bridgehead atoms. The molecule has 0 aliphatic heterocycles. The van der Waals surface area contributed by atoms with Crippen LogP contribution in [0.15, 0.2) is 53.4 Å². The molecule has 2 heteroatoms. The van der Waals surface area contributed by atoms with Crippen LogP contribution in [0.3, 0.4) is 0 Å². The predicted octanol–water partition coefficient (Wildman–Crippen LogP) is 4.22. The number of nitrogens with one attached hydrogen (secondary N) is 1. The van der Waals surface area contributed by atoms with E-state index in [0.29, 0.717) is 0 Å². The summed E-state index contributed by atoms with van der Waals surface area (Å²) in [5, 5.41) is 7.52. The highest BCUT2D eigenvalue weighted by Gasteiger charge is 1.94. The minimum atomic E-state index is 1.12. The smallest absolute Gasteiger partial charge is 0.0379 e. The molecule has 0 saturated carbocycles. The van der Waals surface area contributed by atoms with Crippen LogP contribution in [-0.2, 0) is 0 Å². The molecule has 1 aromatic carbocycles. The van der Waals surface area contributed by atoms with Crippen LogP contribution in [-0.4, -0.2) is 0 Å². The molecule has 0 atom stereocenters. The number of para-hydroxylation sites is 1. The summed E-state index contributed by atoms with van der Waals surface area (Å²) < 4.78 is 0. The Bertz CT molecular complexity index is 429. The Labute approximate surface area is 94.1 Å². The molecular weight excluding hydrogens is 202 g/mol. The van der Waals surface area contributed by atoms with Crippen molar-refractivity contribution in [3.05, 3.63) is 58.9 Å². The van der Waals surface area contributed by atoms with E-state index in [2.05, 4.69) is 41.2 Å². The summed E-state index contributed by atoms with van der Waals surface area (Å²) in [6.45, 7) is 2.11. The predicted molar refractivity (Wildman–Crippen MR) is 68.0 cm³/mol. The normalized spacial score (nSPS) is 11.4. The lowest BCUT2D eigenvalue weighted by molar-refractivity contribution is 1.55. The van der Waals surface area contributed by atoms with Crippen molar-refractivity contribution in [1.29, 1.82) is 0 Å². The van der Waals surface area contributed by atoms with Gasteiger partial charge in [0, 0.05) is 11.9 Å². The van der Waals surface area contributed by atoms with Crippen LogP contribution in [0.5, 0.6) is 0 Å². The van der Waals surface area contributed by atoms with E-state index in [0.717, 1.165) is 5.69 Å². The highest BCUT2D eigenvalue weighted by molar-refractivity contribution is 7.08. The Hall–Kier alpha value is -1.54. The molecule has 0 unspecified atom stereocenters. The van der Waals surface area contributed by atoms with Crippen molar-refractivity contribution in [2.45, 2.75) is 6.92 Å². The van der Waals surface area contributed by atoms with Crippen LogP contribution in [0.4, 0.5) is 5.69 Å². The quantitative estimate of drug-likeness (QED) is 0.808. The molecule has 1 N–H and O–H groups in total. The minimum Gasteiger partial charge on any atom is -0.361 e. The Morgan fingerprint density at radius 3 is 2.67 bits per heavy atom. The van der Waals surface area contributed by atoms with Crippen LogP contribution in [0, 0.1) is 0 Å². The van der Waals surface area contributed by atoms with Gasteiger partial charge in [-0.3, -0.25) is 0 Å². The number of benzene rings is 1. The maximum Gasteiger partial charge on any atom is 0.0379 e. The number of thiophene rings is 1. The van der Waals surface area contributed by atoms with Gasteiger partial charge in [0.05, 0.1) is 0 Å². The van der Waals surface area contributed by atoms with Crippen molar-refractivity contribution in [3.63, 3.8) is 0 Å². The summed E-state index contributed by atoms with van der Waals surface area (Å²) in [5.74, 6) is 0. The molecule has 0 aliphatic carbocycles. The molecule has 0 aliphatic rings. The van der Waals surface area contributed by atoms with Crippen LogP contribution >= 0.6 is 11.3 Å². The maximum atomic E-state index is 3.28. The third-order valence-corrected chi connectivity index (χ3v) is 2.89.